The molecule has 0 aromatic heterocycles. The van der Waals surface area contributed by atoms with Gasteiger partial charge < -0.3 is 15.0 Å². The average molecular weight is 374 g/mol. The highest BCUT2D eigenvalue weighted by atomic mass is 19.4. The van der Waals surface area contributed by atoms with Crippen LogP contribution in [0.25, 0.3) is 5.57 Å². The summed E-state index contributed by atoms with van der Waals surface area (Å²) in [5.74, 6) is -0.716. The highest BCUT2D eigenvalue weighted by Crippen LogP contribution is 2.34. The Bertz CT molecular complexity index is 597. The van der Waals surface area contributed by atoms with Gasteiger partial charge in [-0.25, -0.2) is 0 Å². The monoisotopic (exact) mass is 374 g/mol. The summed E-state index contributed by atoms with van der Waals surface area (Å²) in [5.41, 5.74) is 1.30. The molecule has 1 amide bonds. The van der Waals surface area contributed by atoms with Crippen LogP contribution in [0.2, 0.25) is 0 Å². The van der Waals surface area contributed by atoms with Crippen molar-refractivity contribution in [2.24, 2.45) is 0 Å². The molecule has 0 atom stereocenters. The van der Waals surface area contributed by atoms with E-state index in [1.807, 2.05) is 33.8 Å². The number of carbonyl (C=O) groups excluding carboxylic acids is 1. The number of hydrogen-bond acceptors (Lipinski definition) is 3. The van der Waals surface area contributed by atoms with Gasteiger partial charge in [-0.1, -0.05) is 39.8 Å². The van der Waals surface area contributed by atoms with Crippen molar-refractivity contribution >= 4 is 11.5 Å². The van der Waals surface area contributed by atoms with Gasteiger partial charge in [-0.05, 0) is 30.7 Å². The van der Waals surface area contributed by atoms with Crippen molar-refractivity contribution in [3.8, 4) is 5.75 Å². The van der Waals surface area contributed by atoms with Crippen molar-refractivity contribution in [3.63, 3.8) is 0 Å². The van der Waals surface area contributed by atoms with Gasteiger partial charge in [0.2, 0.25) is 0 Å². The van der Waals surface area contributed by atoms with E-state index in [1.165, 1.54) is 31.1 Å². The number of rotatable bonds is 3. The summed E-state index contributed by atoms with van der Waals surface area (Å²) < 4.78 is 42.0. The fraction of sp³-hybridized carbons (Fsp3) is 0.526. The lowest BCUT2D eigenvalue weighted by Gasteiger charge is -2.20. The van der Waals surface area contributed by atoms with Crippen LogP contribution in [0, 0.1) is 0 Å². The van der Waals surface area contributed by atoms with Gasteiger partial charge in [0.1, 0.15) is 5.75 Å². The van der Waals surface area contributed by atoms with Crippen LogP contribution in [0.1, 0.15) is 50.0 Å². The first-order chi connectivity index (χ1) is 12.3. The zero-order valence-electron chi connectivity index (χ0n) is 16.3. The van der Waals surface area contributed by atoms with E-state index in [-0.39, 0.29) is 17.2 Å². The van der Waals surface area contributed by atoms with E-state index in [2.05, 4.69) is 10.1 Å². The first-order valence-corrected chi connectivity index (χ1v) is 8.79. The molecule has 7 heteroatoms. The molecule has 0 fully saturated rings. The minimum absolute atomic E-state index is 0.155. The van der Waals surface area contributed by atoms with Gasteiger partial charge in [0.25, 0.3) is 5.91 Å². The second-order valence-corrected chi connectivity index (χ2v) is 5.14. The average Bonchev–Trinajstić information content (AvgIpc) is 2.63. The molecule has 1 aliphatic rings. The van der Waals surface area contributed by atoms with Crippen LogP contribution in [-0.2, 0) is 0 Å². The fourth-order valence-corrected chi connectivity index (χ4v) is 2.26. The van der Waals surface area contributed by atoms with Crippen LogP contribution in [0.5, 0.6) is 5.75 Å². The van der Waals surface area contributed by atoms with E-state index < -0.39 is 6.36 Å². The number of ether oxygens (including phenoxy) is 1. The fourth-order valence-electron chi connectivity index (χ4n) is 2.26. The number of alkyl halides is 3. The molecule has 1 aliphatic heterocycles. The SMILES string of the molecule is CC.CC.CN(C)C(=O)c1ccc(C2=CCNCC2)c(OC(F)(F)F)c1. The van der Waals surface area contributed by atoms with E-state index in [4.69, 9.17) is 0 Å². The van der Waals surface area contributed by atoms with E-state index >= 15 is 0 Å². The Labute approximate surface area is 154 Å². The van der Waals surface area contributed by atoms with Gasteiger partial charge in [-0.3, -0.25) is 4.79 Å². The van der Waals surface area contributed by atoms with Crippen molar-refractivity contribution < 1.29 is 22.7 Å². The molecule has 26 heavy (non-hydrogen) atoms. The van der Waals surface area contributed by atoms with Crippen LogP contribution >= 0.6 is 0 Å². The standard InChI is InChI=1S/C15H17F3N2O2.2C2H6/c1-20(2)14(21)11-3-4-12(10-5-7-19-8-6-10)13(9-11)22-15(16,17)18;2*1-2/h3-5,9,19H,6-8H2,1-2H3;2*1-2H3. The molecule has 4 nitrogen and oxygen atoms in total. The maximum Gasteiger partial charge on any atom is 0.573 e. The molecule has 0 radical (unpaired) electrons. The van der Waals surface area contributed by atoms with Gasteiger partial charge in [0.15, 0.2) is 0 Å². The molecule has 148 valence electrons. The van der Waals surface area contributed by atoms with E-state index in [0.29, 0.717) is 25.1 Å². The topological polar surface area (TPSA) is 41.6 Å². The van der Waals surface area contributed by atoms with Crippen molar-refractivity contribution in [2.75, 3.05) is 27.2 Å². The molecule has 1 aromatic rings. The number of amides is 1. The Morgan fingerprint density at radius 3 is 2.23 bits per heavy atom. The second-order valence-electron chi connectivity index (χ2n) is 5.14. The Balaban J connectivity index is 0.00000146. The number of hydrogen-bond donors (Lipinski definition) is 1. The summed E-state index contributed by atoms with van der Waals surface area (Å²) in [6, 6.07) is 4.17. The first kappa shape index (κ1) is 24.0. The summed E-state index contributed by atoms with van der Waals surface area (Å²) >= 11 is 0. The number of carbonyl (C=O) groups is 1. The Morgan fingerprint density at radius 1 is 1.15 bits per heavy atom. The molecule has 0 saturated carbocycles. The lowest BCUT2D eigenvalue weighted by molar-refractivity contribution is -0.274. The lowest BCUT2D eigenvalue weighted by atomic mass is 9.97. The van der Waals surface area contributed by atoms with Crippen LogP contribution in [-0.4, -0.2) is 44.4 Å². The Hall–Kier alpha value is -2.02. The molecule has 1 N–H and O–H groups in total. The Kier molecular flexibility index (Phi) is 10.7. The number of nitrogens with one attached hydrogen (secondary N) is 1. The molecular formula is C19H29F3N2O2. The first-order valence-electron chi connectivity index (χ1n) is 8.79. The maximum atomic E-state index is 12.6. The Morgan fingerprint density at radius 2 is 1.77 bits per heavy atom. The molecule has 0 spiro atoms. The van der Waals surface area contributed by atoms with Gasteiger partial charge in [-0.15, -0.1) is 13.2 Å². The van der Waals surface area contributed by atoms with Gasteiger partial charge in [0, 0.05) is 31.8 Å². The quantitative estimate of drug-likeness (QED) is 0.833. The van der Waals surface area contributed by atoms with Gasteiger partial charge in [-0.2, -0.15) is 0 Å². The third-order valence-corrected chi connectivity index (χ3v) is 3.27. The van der Waals surface area contributed by atoms with E-state index in [1.54, 1.807) is 0 Å². The van der Waals surface area contributed by atoms with Crippen molar-refractivity contribution in [1.82, 2.24) is 10.2 Å². The van der Waals surface area contributed by atoms with Crippen molar-refractivity contribution in [3.05, 3.63) is 35.4 Å². The highest BCUT2D eigenvalue weighted by molar-refractivity contribution is 5.95. The van der Waals surface area contributed by atoms with Crippen molar-refractivity contribution in [1.29, 1.82) is 0 Å². The maximum absolute atomic E-state index is 12.6. The third kappa shape index (κ3) is 7.47. The number of nitrogens with zero attached hydrogens (tertiary/aromatic N) is 1. The predicted molar refractivity (Wildman–Crippen MR) is 99.3 cm³/mol. The van der Waals surface area contributed by atoms with Gasteiger partial charge in [0.05, 0.1) is 0 Å². The highest BCUT2D eigenvalue weighted by Gasteiger charge is 2.33. The number of halogens is 3. The molecule has 1 aromatic carbocycles. The van der Waals surface area contributed by atoms with E-state index in [0.717, 1.165) is 11.6 Å². The molecule has 2 rings (SSSR count). The van der Waals surface area contributed by atoms with Crippen LogP contribution in [0.15, 0.2) is 24.3 Å². The molecule has 0 unspecified atom stereocenters. The van der Waals surface area contributed by atoms with Gasteiger partial charge >= 0.3 is 6.36 Å². The minimum atomic E-state index is -4.80. The van der Waals surface area contributed by atoms with E-state index in [9.17, 15) is 18.0 Å². The largest absolute Gasteiger partial charge is 0.573 e. The molecule has 0 saturated heterocycles. The predicted octanol–water partition coefficient (Wildman–Crippen LogP) is 4.72. The number of benzene rings is 1. The molecular weight excluding hydrogens is 345 g/mol. The lowest BCUT2D eigenvalue weighted by Crippen LogP contribution is -2.23. The smallest absolute Gasteiger partial charge is 0.405 e. The zero-order valence-corrected chi connectivity index (χ0v) is 16.3. The van der Waals surface area contributed by atoms with Crippen LogP contribution in [0.4, 0.5) is 13.2 Å². The van der Waals surface area contributed by atoms with Crippen LogP contribution in [0.3, 0.4) is 0 Å². The minimum Gasteiger partial charge on any atom is -0.405 e. The summed E-state index contributed by atoms with van der Waals surface area (Å²) in [7, 11) is 3.08. The van der Waals surface area contributed by atoms with Crippen molar-refractivity contribution in [2.45, 2.75) is 40.5 Å². The van der Waals surface area contributed by atoms with Crippen LogP contribution < -0.4 is 10.1 Å². The summed E-state index contributed by atoms with van der Waals surface area (Å²) in [6.07, 6.45) is -2.37. The second kappa shape index (κ2) is 11.6. The summed E-state index contributed by atoms with van der Waals surface area (Å²) in [6.45, 7) is 9.29. The zero-order chi connectivity index (χ0) is 20.3. The molecule has 0 aliphatic carbocycles. The normalized spacial score (nSPS) is 13.3. The third-order valence-electron chi connectivity index (χ3n) is 3.27. The molecule has 1 heterocycles. The summed E-state index contributed by atoms with van der Waals surface area (Å²) in [5, 5.41) is 3.10. The summed E-state index contributed by atoms with van der Waals surface area (Å²) in [4.78, 5) is 13.2. The molecule has 0 bridgehead atoms.